The second-order valence-electron chi connectivity index (χ2n) is 5.08. The van der Waals surface area contributed by atoms with E-state index in [4.69, 9.17) is 4.42 Å². The van der Waals surface area contributed by atoms with Crippen molar-refractivity contribution in [2.24, 2.45) is 0 Å². The van der Waals surface area contributed by atoms with Gasteiger partial charge in [0.1, 0.15) is 5.52 Å². The van der Waals surface area contributed by atoms with E-state index in [0.29, 0.717) is 12.3 Å². The largest absolute Gasteiger partial charge is 0.441 e. The Morgan fingerprint density at radius 3 is 2.70 bits per heavy atom. The predicted molar refractivity (Wildman–Crippen MR) is 78.6 cm³/mol. The van der Waals surface area contributed by atoms with Crippen molar-refractivity contribution in [2.75, 3.05) is 0 Å². The first-order valence-electron chi connectivity index (χ1n) is 6.74. The van der Waals surface area contributed by atoms with Gasteiger partial charge in [0, 0.05) is 0 Å². The van der Waals surface area contributed by atoms with E-state index in [2.05, 4.69) is 4.98 Å². The minimum Gasteiger partial charge on any atom is -0.441 e. The molecule has 1 unspecified atom stereocenters. The highest BCUT2D eigenvalue weighted by Crippen LogP contribution is 2.25. The summed E-state index contributed by atoms with van der Waals surface area (Å²) in [6.45, 7) is 4.07. The maximum Gasteiger partial charge on any atom is 0.198 e. The molecule has 0 amide bonds. The zero-order valence-electron chi connectivity index (χ0n) is 11.6. The van der Waals surface area contributed by atoms with Gasteiger partial charge in [0.2, 0.25) is 0 Å². The quantitative estimate of drug-likeness (QED) is 0.786. The number of hydrogen-bond donors (Lipinski definition) is 1. The fourth-order valence-electron chi connectivity index (χ4n) is 2.42. The van der Waals surface area contributed by atoms with E-state index in [0.717, 1.165) is 22.2 Å². The van der Waals surface area contributed by atoms with Crippen molar-refractivity contribution < 1.29 is 9.52 Å². The molecule has 1 atom stereocenters. The third-order valence-electron chi connectivity index (χ3n) is 3.71. The Bertz CT molecular complexity index is 713. The van der Waals surface area contributed by atoms with Crippen molar-refractivity contribution in [3.05, 3.63) is 65.0 Å². The molecule has 3 aromatic rings. The summed E-state index contributed by atoms with van der Waals surface area (Å²) in [6.07, 6.45) is -0.207. The van der Waals surface area contributed by atoms with Gasteiger partial charge in [0.15, 0.2) is 11.5 Å². The number of aliphatic hydroxyl groups is 1. The number of fused-ring (bicyclic) bond motifs is 1. The number of oxazole rings is 1. The van der Waals surface area contributed by atoms with Crippen LogP contribution in [0.15, 0.2) is 46.9 Å². The lowest BCUT2D eigenvalue weighted by atomic mass is 9.97. The zero-order chi connectivity index (χ0) is 14.1. The lowest BCUT2D eigenvalue weighted by molar-refractivity contribution is 0.168. The van der Waals surface area contributed by atoms with E-state index in [-0.39, 0.29) is 0 Å². The second-order valence-corrected chi connectivity index (χ2v) is 5.08. The van der Waals surface area contributed by atoms with E-state index < -0.39 is 6.10 Å². The fourth-order valence-corrected chi connectivity index (χ4v) is 2.42. The minimum atomic E-state index is -0.594. The summed E-state index contributed by atoms with van der Waals surface area (Å²) in [5, 5.41) is 10.4. The lowest BCUT2D eigenvalue weighted by Crippen LogP contribution is -2.05. The summed E-state index contributed by atoms with van der Waals surface area (Å²) in [5.41, 5.74) is 4.83. The van der Waals surface area contributed by atoms with Crippen LogP contribution >= 0.6 is 0 Å². The molecule has 0 saturated heterocycles. The number of nitrogens with zero attached hydrogens (tertiary/aromatic N) is 1. The Hall–Kier alpha value is -2.13. The van der Waals surface area contributed by atoms with E-state index >= 15 is 0 Å². The van der Waals surface area contributed by atoms with Gasteiger partial charge in [-0.3, -0.25) is 0 Å². The van der Waals surface area contributed by atoms with Crippen LogP contribution < -0.4 is 0 Å². The molecule has 0 radical (unpaired) electrons. The molecule has 3 nitrogen and oxygen atoms in total. The highest BCUT2D eigenvalue weighted by Gasteiger charge is 2.15. The highest BCUT2D eigenvalue weighted by molar-refractivity contribution is 5.72. The third kappa shape index (κ3) is 2.32. The van der Waals surface area contributed by atoms with Crippen LogP contribution in [0, 0.1) is 13.8 Å². The van der Waals surface area contributed by atoms with Crippen LogP contribution in [0.5, 0.6) is 0 Å². The van der Waals surface area contributed by atoms with Crippen LogP contribution in [0.25, 0.3) is 11.1 Å². The summed E-state index contributed by atoms with van der Waals surface area (Å²) in [5.74, 6) is 0.569. The van der Waals surface area contributed by atoms with E-state index in [9.17, 15) is 5.11 Å². The molecule has 20 heavy (non-hydrogen) atoms. The van der Waals surface area contributed by atoms with E-state index in [1.807, 2.05) is 56.3 Å². The summed E-state index contributed by atoms with van der Waals surface area (Å²) in [7, 11) is 0. The summed E-state index contributed by atoms with van der Waals surface area (Å²) in [6, 6.07) is 13.6. The highest BCUT2D eigenvalue weighted by atomic mass is 16.4. The molecule has 0 aliphatic heterocycles. The molecule has 0 aliphatic rings. The topological polar surface area (TPSA) is 46.3 Å². The van der Waals surface area contributed by atoms with Gasteiger partial charge < -0.3 is 9.52 Å². The van der Waals surface area contributed by atoms with Crippen molar-refractivity contribution in [1.29, 1.82) is 0 Å². The molecule has 1 N–H and O–H groups in total. The predicted octanol–water partition coefficient (Wildman–Crippen LogP) is 3.72. The maximum absolute atomic E-state index is 10.4. The Kier molecular flexibility index (Phi) is 3.28. The molecule has 0 aliphatic carbocycles. The van der Waals surface area contributed by atoms with Crippen LogP contribution in [0.1, 0.15) is 28.7 Å². The van der Waals surface area contributed by atoms with Crippen LogP contribution in [0.2, 0.25) is 0 Å². The third-order valence-corrected chi connectivity index (χ3v) is 3.71. The normalized spacial score (nSPS) is 12.8. The summed E-state index contributed by atoms with van der Waals surface area (Å²) >= 11 is 0. The van der Waals surface area contributed by atoms with Crippen molar-refractivity contribution >= 4 is 11.1 Å². The monoisotopic (exact) mass is 267 g/mol. The maximum atomic E-state index is 10.4. The number of hydrogen-bond acceptors (Lipinski definition) is 3. The zero-order valence-corrected chi connectivity index (χ0v) is 11.6. The van der Waals surface area contributed by atoms with Crippen molar-refractivity contribution in [3.8, 4) is 0 Å². The Morgan fingerprint density at radius 1 is 1.10 bits per heavy atom. The van der Waals surface area contributed by atoms with Gasteiger partial charge in [-0.2, -0.15) is 0 Å². The van der Waals surface area contributed by atoms with E-state index in [1.165, 1.54) is 5.56 Å². The Balaban J connectivity index is 1.88. The molecule has 1 heterocycles. The summed E-state index contributed by atoms with van der Waals surface area (Å²) in [4.78, 5) is 4.40. The Morgan fingerprint density at radius 2 is 1.90 bits per heavy atom. The number of para-hydroxylation sites is 2. The van der Waals surface area contributed by atoms with Crippen LogP contribution in [0.3, 0.4) is 0 Å². The lowest BCUT2D eigenvalue weighted by Gasteiger charge is -2.13. The van der Waals surface area contributed by atoms with Gasteiger partial charge in [-0.15, -0.1) is 0 Å². The number of aryl methyl sites for hydroxylation is 1. The van der Waals surface area contributed by atoms with Crippen LogP contribution in [0.4, 0.5) is 0 Å². The van der Waals surface area contributed by atoms with Crippen molar-refractivity contribution in [3.63, 3.8) is 0 Å². The number of aliphatic hydroxyl groups excluding tert-OH is 1. The molecule has 3 heteroatoms. The van der Waals surface area contributed by atoms with Crippen LogP contribution in [-0.4, -0.2) is 10.1 Å². The fraction of sp³-hybridized carbons (Fsp3) is 0.235. The number of rotatable bonds is 3. The molecular weight excluding hydrogens is 250 g/mol. The average molecular weight is 267 g/mol. The molecule has 0 fully saturated rings. The van der Waals surface area contributed by atoms with Gasteiger partial charge in [-0.1, -0.05) is 30.3 Å². The minimum absolute atomic E-state index is 0.388. The smallest absolute Gasteiger partial charge is 0.198 e. The van der Waals surface area contributed by atoms with E-state index in [1.54, 1.807) is 0 Å². The molecular formula is C17H17NO2. The van der Waals surface area contributed by atoms with Gasteiger partial charge >= 0.3 is 0 Å². The van der Waals surface area contributed by atoms with Gasteiger partial charge in [0.05, 0.1) is 12.5 Å². The first kappa shape index (κ1) is 12.9. The van der Waals surface area contributed by atoms with Crippen molar-refractivity contribution in [1.82, 2.24) is 4.98 Å². The van der Waals surface area contributed by atoms with Gasteiger partial charge in [-0.25, -0.2) is 4.98 Å². The molecule has 3 rings (SSSR count). The SMILES string of the molecule is Cc1cccc(C(O)Cc2nc3ccccc3o2)c1C. The van der Waals surface area contributed by atoms with Crippen molar-refractivity contribution in [2.45, 2.75) is 26.4 Å². The van der Waals surface area contributed by atoms with Crippen LogP contribution in [-0.2, 0) is 6.42 Å². The first-order chi connectivity index (χ1) is 9.65. The summed E-state index contributed by atoms with van der Waals surface area (Å²) < 4.78 is 5.66. The second kappa shape index (κ2) is 5.10. The standard InChI is InChI=1S/C17H17NO2/c1-11-6-5-7-13(12(11)2)15(19)10-17-18-14-8-3-4-9-16(14)20-17/h3-9,15,19H,10H2,1-2H3. The molecule has 0 saturated carbocycles. The molecule has 0 bridgehead atoms. The average Bonchev–Trinajstić information content (AvgIpc) is 2.83. The molecule has 0 spiro atoms. The number of aromatic nitrogens is 1. The van der Waals surface area contributed by atoms with Gasteiger partial charge in [-0.05, 0) is 42.7 Å². The molecule has 2 aromatic carbocycles. The Labute approximate surface area is 117 Å². The number of benzene rings is 2. The van der Waals surface area contributed by atoms with Gasteiger partial charge in [0.25, 0.3) is 0 Å². The molecule has 1 aromatic heterocycles. The first-order valence-corrected chi connectivity index (χ1v) is 6.74. The molecule has 102 valence electrons.